The second-order valence-corrected chi connectivity index (χ2v) is 6.70. The van der Waals surface area contributed by atoms with Crippen LogP contribution in [0.1, 0.15) is 10.6 Å². The predicted octanol–water partition coefficient (Wildman–Crippen LogP) is 4.73. The van der Waals surface area contributed by atoms with E-state index in [1.54, 1.807) is 22.8 Å². The molecule has 0 aliphatic rings. The molecule has 4 rings (SSSR count). The summed E-state index contributed by atoms with van der Waals surface area (Å²) in [4.78, 5) is 4.99. The van der Waals surface area contributed by atoms with Gasteiger partial charge in [0.25, 0.3) is 0 Å². The van der Waals surface area contributed by atoms with Crippen molar-refractivity contribution in [3.05, 3.63) is 63.2 Å². The molecule has 4 aromatic rings. The number of benzene rings is 1. The van der Waals surface area contributed by atoms with Gasteiger partial charge in [0.05, 0.1) is 0 Å². The van der Waals surface area contributed by atoms with Crippen molar-refractivity contribution in [1.82, 2.24) is 24.8 Å². The maximum atomic E-state index is 6.17. The largest absolute Gasteiger partial charge is 0.253 e. The molecule has 0 unspecified atom stereocenters. The first kappa shape index (κ1) is 15.3. The van der Waals surface area contributed by atoms with E-state index in [4.69, 9.17) is 23.2 Å². The van der Waals surface area contributed by atoms with E-state index in [1.807, 2.05) is 36.4 Å². The third-order valence-electron chi connectivity index (χ3n) is 3.27. The van der Waals surface area contributed by atoms with E-state index in [2.05, 4.69) is 20.3 Å². The van der Waals surface area contributed by atoms with Crippen LogP contribution in [-0.4, -0.2) is 24.8 Å². The van der Waals surface area contributed by atoms with Gasteiger partial charge in [-0.1, -0.05) is 52.7 Å². The van der Waals surface area contributed by atoms with Crippen LogP contribution < -0.4 is 0 Å². The fraction of sp³-hybridized carbons (Fsp3) is 0. The summed E-state index contributed by atoms with van der Waals surface area (Å²) in [5.74, 6) is 0.617. The number of rotatable bonds is 3. The number of hydrogen-bond donors (Lipinski definition) is 0. The minimum atomic E-state index is 0.593. The van der Waals surface area contributed by atoms with Gasteiger partial charge in [0.2, 0.25) is 10.8 Å². The molecule has 0 aliphatic carbocycles. The molecule has 1 aromatic carbocycles. The van der Waals surface area contributed by atoms with Gasteiger partial charge in [-0.15, -0.1) is 10.2 Å². The molecule has 118 valence electrons. The van der Waals surface area contributed by atoms with Crippen molar-refractivity contribution in [3.8, 4) is 11.5 Å². The lowest BCUT2D eigenvalue weighted by Gasteiger charge is -1.97. The van der Waals surface area contributed by atoms with E-state index in [1.165, 1.54) is 11.3 Å². The summed E-state index contributed by atoms with van der Waals surface area (Å²) >= 11 is 13.5. The van der Waals surface area contributed by atoms with Gasteiger partial charge >= 0.3 is 0 Å². The van der Waals surface area contributed by atoms with E-state index in [9.17, 15) is 0 Å². The Balaban J connectivity index is 1.69. The van der Waals surface area contributed by atoms with Gasteiger partial charge in [0, 0.05) is 16.2 Å². The Morgan fingerprint density at radius 1 is 1.04 bits per heavy atom. The summed E-state index contributed by atoms with van der Waals surface area (Å²) in [7, 11) is 0. The van der Waals surface area contributed by atoms with E-state index in [0.29, 0.717) is 20.8 Å². The van der Waals surface area contributed by atoms with Gasteiger partial charge in [-0.3, -0.25) is 4.98 Å². The summed E-state index contributed by atoms with van der Waals surface area (Å²) in [5, 5.41) is 14.8. The normalized spacial score (nSPS) is 11.6. The first-order valence-electron chi connectivity index (χ1n) is 6.97. The highest BCUT2D eigenvalue weighted by atomic mass is 35.5. The zero-order valence-electron chi connectivity index (χ0n) is 12.1. The fourth-order valence-electron chi connectivity index (χ4n) is 2.15. The number of nitrogens with zero attached hydrogens (tertiary/aromatic N) is 5. The number of aromatic nitrogens is 5. The van der Waals surface area contributed by atoms with E-state index < -0.39 is 0 Å². The summed E-state index contributed by atoms with van der Waals surface area (Å²) < 4.78 is 1.69. The molecule has 24 heavy (non-hydrogen) atoms. The fourth-order valence-corrected chi connectivity index (χ4v) is 3.36. The number of halogens is 2. The zero-order valence-corrected chi connectivity index (χ0v) is 14.4. The van der Waals surface area contributed by atoms with E-state index in [0.717, 1.165) is 16.3 Å². The summed E-state index contributed by atoms with van der Waals surface area (Å²) in [6, 6.07) is 11.0. The van der Waals surface area contributed by atoms with Gasteiger partial charge in [0.1, 0.15) is 10.7 Å². The topological polar surface area (TPSA) is 56.0 Å². The van der Waals surface area contributed by atoms with Crippen molar-refractivity contribution in [2.45, 2.75) is 0 Å². The molecule has 3 heterocycles. The Kier molecular flexibility index (Phi) is 4.02. The predicted molar refractivity (Wildman–Crippen MR) is 97.3 cm³/mol. The molecule has 3 aromatic heterocycles. The highest BCUT2D eigenvalue weighted by Gasteiger charge is 2.12. The zero-order chi connectivity index (χ0) is 16.5. The van der Waals surface area contributed by atoms with Crippen LogP contribution in [0.25, 0.3) is 28.6 Å². The third kappa shape index (κ3) is 2.91. The maximum Gasteiger partial charge on any atom is 0.235 e. The molecule has 0 aliphatic heterocycles. The molecule has 0 N–H and O–H groups in total. The van der Waals surface area contributed by atoms with Crippen LogP contribution in [0.3, 0.4) is 0 Å². The SMILES string of the molecule is Clc1ccc(/C=C/c2nn3c(-c4ccccn4)nnc3s2)c(Cl)c1. The van der Waals surface area contributed by atoms with E-state index >= 15 is 0 Å². The minimum Gasteiger partial charge on any atom is -0.253 e. The first-order valence-corrected chi connectivity index (χ1v) is 8.55. The first-order chi connectivity index (χ1) is 11.7. The molecule has 0 bridgehead atoms. The second-order valence-electron chi connectivity index (χ2n) is 4.87. The Bertz CT molecular complexity index is 1040. The molecule has 0 radical (unpaired) electrons. The lowest BCUT2D eigenvalue weighted by molar-refractivity contribution is 0.951. The molecule has 5 nitrogen and oxygen atoms in total. The standard InChI is InChI=1S/C16H9Cl2N5S/c17-11-6-4-10(12(18)9-11)5-7-14-22-23-15(20-21-16(23)24-14)13-3-1-2-8-19-13/h1-9H/b7-5+. The highest BCUT2D eigenvalue weighted by molar-refractivity contribution is 7.17. The Morgan fingerprint density at radius 2 is 1.96 bits per heavy atom. The van der Waals surface area contributed by atoms with Crippen molar-refractivity contribution in [3.63, 3.8) is 0 Å². The molecule has 0 atom stereocenters. The van der Waals surface area contributed by atoms with Gasteiger partial charge in [-0.25, -0.2) is 0 Å². The van der Waals surface area contributed by atoms with Crippen molar-refractivity contribution in [1.29, 1.82) is 0 Å². The van der Waals surface area contributed by atoms with Crippen molar-refractivity contribution < 1.29 is 0 Å². The summed E-state index contributed by atoms with van der Waals surface area (Å²) in [5.41, 5.74) is 1.60. The Morgan fingerprint density at radius 3 is 2.75 bits per heavy atom. The lowest BCUT2D eigenvalue weighted by Crippen LogP contribution is -1.92. The van der Waals surface area contributed by atoms with Crippen LogP contribution in [0.15, 0.2) is 42.6 Å². The smallest absolute Gasteiger partial charge is 0.235 e. The van der Waals surface area contributed by atoms with Crippen LogP contribution in [0.5, 0.6) is 0 Å². The maximum absolute atomic E-state index is 6.17. The minimum absolute atomic E-state index is 0.593. The monoisotopic (exact) mass is 373 g/mol. The van der Waals surface area contributed by atoms with Crippen LogP contribution >= 0.6 is 34.5 Å². The van der Waals surface area contributed by atoms with Crippen molar-refractivity contribution in [2.24, 2.45) is 0 Å². The van der Waals surface area contributed by atoms with Crippen molar-refractivity contribution in [2.75, 3.05) is 0 Å². The number of fused-ring (bicyclic) bond motifs is 1. The van der Waals surface area contributed by atoms with Crippen LogP contribution in [0, 0.1) is 0 Å². The van der Waals surface area contributed by atoms with Crippen LogP contribution in [0.2, 0.25) is 10.0 Å². The summed E-state index contributed by atoms with van der Waals surface area (Å²) in [6.07, 6.45) is 5.49. The van der Waals surface area contributed by atoms with Crippen molar-refractivity contribution >= 4 is 51.7 Å². The van der Waals surface area contributed by atoms with Gasteiger partial charge in [-0.2, -0.15) is 9.61 Å². The van der Waals surface area contributed by atoms with Gasteiger partial charge < -0.3 is 0 Å². The lowest BCUT2D eigenvalue weighted by atomic mass is 10.2. The molecular formula is C16H9Cl2N5S. The highest BCUT2D eigenvalue weighted by Crippen LogP contribution is 2.24. The average Bonchev–Trinajstić information content (AvgIpc) is 3.15. The van der Waals surface area contributed by atoms with E-state index in [-0.39, 0.29) is 0 Å². The van der Waals surface area contributed by atoms with Crippen LogP contribution in [-0.2, 0) is 0 Å². The Hall–Kier alpha value is -2.28. The Labute approximate surface area is 151 Å². The summed E-state index contributed by atoms with van der Waals surface area (Å²) in [6.45, 7) is 0. The number of pyridine rings is 1. The third-order valence-corrected chi connectivity index (χ3v) is 4.69. The molecule has 0 saturated carbocycles. The molecule has 0 saturated heterocycles. The molecule has 0 fully saturated rings. The molecule has 0 amide bonds. The molecule has 8 heteroatoms. The molecular weight excluding hydrogens is 365 g/mol. The quantitative estimate of drug-likeness (QED) is 0.521. The van der Waals surface area contributed by atoms with Gasteiger partial charge in [0.15, 0.2) is 0 Å². The number of hydrogen-bond acceptors (Lipinski definition) is 5. The average molecular weight is 374 g/mol. The molecule has 0 spiro atoms. The van der Waals surface area contributed by atoms with Gasteiger partial charge in [-0.05, 0) is 35.9 Å². The van der Waals surface area contributed by atoms with Crippen LogP contribution in [0.4, 0.5) is 0 Å². The second kappa shape index (κ2) is 6.32.